The summed E-state index contributed by atoms with van der Waals surface area (Å²) in [6.45, 7) is 0.662. The first-order chi connectivity index (χ1) is 7.63. The van der Waals surface area contributed by atoms with Crippen LogP contribution in [0.15, 0.2) is 24.3 Å². The van der Waals surface area contributed by atoms with Crippen molar-refractivity contribution in [2.75, 3.05) is 32.6 Å². The fourth-order valence-electron chi connectivity index (χ4n) is 1.63. The fourth-order valence-corrected chi connectivity index (χ4v) is 1.63. The van der Waals surface area contributed by atoms with Gasteiger partial charge in [0, 0.05) is 26.3 Å². The first-order valence-corrected chi connectivity index (χ1v) is 5.72. The van der Waals surface area contributed by atoms with Crippen molar-refractivity contribution in [3.63, 3.8) is 0 Å². The van der Waals surface area contributed by atoms with Crippen LogP contribution in [0.1, 0.15) is 12.0 Å². The van der Waals surface area contributed by atoms with E-state index < -0.39 is 0 Å². The molecule has 0 saturated heterocycles. The number of anilines is 1. The fraction of sp³-hybridized carbons (Fsp3) is 0.538. The molecule has 0 spiro atoms. The lowest BCUT2D eigenvalue weighted by atomic mass is 10.1. The molecule has 0 radical (unpaired) electrons. The van der Waals surface area contributed by atoms with Gasteiger partial charge in [-0.1, -0.05) is 12.1 Å². The zero-order valence-corrected chi connectivity index (χ0v) is 10.4. The average molecular weight is 222 g/mol. The Kier molecular flexibility index (Phi) is 5.29. The molecule has 0 aliphatic carbocycles. The second-order valence-corrected chi connectivity index (χ2v) is 4.31. The van der Waals surface area contributed by atoms with Crippen molar-refractivity contribution in [3.8, 4) is 0 Å². The summed E-state index contributed by atoms with van der Waals surface area (Å²) in [5.74, 6) is 0. The second kappa shape index (κ2) is 6.51. The number of hydrogen-bond donors (Lipinski definition) is 2. The summed E-state index contributed by atoms with van der Waals surface area (Å²) < 4.78 is 0. The van der Waals surface area contributed by atoms with E-state index in [2.05, 4.69) is 34.5 Å². The molecule has 2 N–H and O–H groups in total. The van der Waals surface area contributed by atoms with Crippen LogP contribution in [0.2, 0.25) is 0 Å². The molecule has 90 valence electrons. The van der Waals surface area contributed by atoms with Gasteiger partial charge in [-0.3, -0.25) is 0 Å². The van der Waals surface area contributed by atoms with Crippen molar-refractivity contribution in [2.24, 2.45) is 0 Å². The third-order valence-corrected chi connectivity index (χ3v) is 2.66. The number of benzene rings is 1. The van der Waals surface area contributed by atoms with Crippen LogP contribution in [0.25, 0.3) is 0 Å². The summed E-state index contributed by atoms with van der Waals surface area (Å²) in [6, 6.07) is 8.47. The van der Waals surface area contributed by atoms with Gasteiger partial charge in [0.05, 0.1) is 6.10 Å². The van der Waals surface area contributed by atoms with E-state index in [1.807, 2.05) is 21.1 Å². The minimum absolute atomic E-state index is 0.251. The van der Waals surface area contributed by atoms with Crippen LogP contribution in [0.5, 0.6) is 0 Å². The lowest BCUT2D eigenvalue weighted by Gasteiger charge is -2.13. The Labute approximate surface area is 98.1 Å². The highest BCUT2D eigenvalue weighted by Gasteiger charge is 2.03. The highest BCUT2D eigenvalue weighted by Crippen LogP contribution is 2.13. The molecule has 1 atom stereocenters. The first-order valence-electron chi connectivity index (χ1n) is 5.72. The average Bonchev–Trinajstić information content (AvgIpc) is 2.27. The van der Waals surface area contributed by atoms with Crippen LogP contribution in [0, 0.1) is 0 Å². The van der Waals surface area contributed by atoms with Gasteiger partial charge in [-0.05, 0) is 37.6 Å². The molecule has 0 aliphatic heterocycles. The number of hydrogen-bond acceptors (Lipinski definition) is 3. The summed E-state index contributed by atoms with van der Waals surface area (Å²) >= 11 is 0. The maximum atomic E-state index is 9.58. The molecule has 1 aromatic rings. The SMILES string of the molecule is CNCC(O)CCc1ccc(N(C)C)cc1. The predicted octanol–water partition coefficient (Wildman–Crippen LogP) is 1.27. The van der Waals surface area contributed by atoms with Gasteiger partial charge in [0.1, 0.15) is 0 Å². The van der Waals surface area contributed by atoms with Crippen molar-refractivity contribution in [1.29, 1.82) is 0 Å². The molecule has 1 aromatic carbocycles. The molecule has 0 saturated carbocycles. The largest absolute Gasteiger partial charge is 0.392 e. The van der Waals surface area contributed by atoms with Crippen molar-refractivity contribution in [1.82, 2.24) is 5.32 Å². The number of likely N-dealkylation sites (N-methyl/N-ethyl adjacent to an activating group) is 1. The molecule has 3 heteroatoms. The van der Waals surface area contributed by atoms with Crippen molar-refractivity contribution >= 4 is 5.69 Å². The highest BCUT2D eigenvalue weighted by atomic mass is 16.3. The number of nitrogens with zero attached hydrogens (tertiary/aromatic N) is 1. The molecule has 1 unspecified atom stereocenters. The highest BCUT2D eigenvalue weighted by molar-refractivity contribution is 5.45. The third kappa shape index (κ3) is 4.21. The smallest absolute Gasteiger partial charge is 0.0667 e. The molecule has 0 amide bonds. The Hall–Kier alpha value is -1.06. The normalized spacial score (nSPS) is 12.5. The Balaban J connectivity index is 2.43. The van der Waals surface area contributed by atoms with E-state index in [1.54, 1.807) is 0 Å². The maximum absolute atomic E-state index is 9.58. The summed E-state index contributed by atoms with van der Waals surface area (Å²) in [4.78, 5) is 2.08. The minimum Gasteiger partial charge on any atom is -0.392 e. The summed E-state index contributed by atoms with van der Waals surface area (Å²) in [7, 11) is 5.92. The maximum Gasteiger partial charge on any atom is 0.0667 e. The van der Waals surface area contributed by atoms with Crippen LogP contribution in [0.3, 0.4) is 0 Å². The van der Waals surface area contributed by atoms with E-state index in [1.165, 1.54) is 11.3 Å². The van der Waals surface area contributed by atoms with E-state index in [-0.39, 0.29) is 6.10 Å². The predicted molar refractivity (Wildman–Crippen MR) is 69.0 cm³/mol. The molecule has 16 heavy (non-hydrogen) atoms. The molecule has 1 rings (SSSR count). The van der Waals surface area contributed by atoms with E-state index in [9.17, 15) is 5.11 Å². The molecule has 0 fully saturated rings. The summed E-state index contributed by atoms with van der Waals surface area (Å²) in [5, 5.41) is 12.6. The van der Waals surface area contributed by atoms with Crippen LogP contribution in [-0.2, 0) is 6.42 Å². The Morgan fingerprint density at radius 2 is 1.88 bits per heavy atom. The summed E-state index contributed by atoms with van der Waals surface area (Å²) in [6.07, 6.45) is 1.48. The first kappa shape index (κ1) is 13.0. The monoisotopic (exact) mass is 222 g/mol. The topological polar surface area (TPSA) is 35.5 Å². The molecule has 0 heterocycles. The van der Waals surface area contributed by atoms with Gasteiger partial charge in [-0.2, -0.15) is 0 Å². The third-order valence-electron chi connectivity index (χ3n) is 2.66. The molecule has 0 aliphatic rings. The summed E-state index contributed by atoms with van der Waals surface area (Å²) in [5.41, 5.74) is 2.49. The van der Waals surface area contributed by atoms with Gasteiger partial charge in [-0.15, -0.1) is 0 Å². The van der Waals surface area contributed by atoms with E-state index >= 15 is 0 Å². The molecule has 0 aromatic heterocycles. The number of aryl methyl sites for hydroxylation is 1. The van der Waals surface area contributed by atoms with E-state index in [4.69, 9.17) is 0 Å². The van der Waals surface area contributed by atoms with Crippen LogP contribution >= 0.6 is 0 Å². The van der Waals surface area contributed by atoms with Gasteiger partial charge < -0.3 is 15.3 Å². The zero-order chi connectivity index (χ0) is 12.0. The Morgan fingerprint density at radius 3 is 2.38 bits per heavy atom. The molecule has 0 bridgehead atoms. The molecular weight excluding hydrogens is 200 g/mol. The van der Waals surface area contributed by atoms with Gasteiger partial charge in [-0.25, -0.2) is 0 Å². The standard InChI is InChI=1S/C13H22N2O/c1-14-10-13(16)9-6-11-4-7-12(8-5-11)15(2)3/h4-5,7-8,13-14,16H,6,9-10H2,1-3H3. The number of aliphatic hydroxyl groups is 1. The minimum atomic E-state index is -0.251. The lowest BCUT2D eigenvalue weighted by molar-refractivity contribution is 0.165. The van der Waals surface area contributed by atoms with Gasteiger partial charge >= 0.3 is 0 Å². The zero-order valence-electron chi connectivity index (χ0n) is 10.4. The number of aliphatic hydroxyl groups excluding tert-OH is 1. The van der Waals surface area contributed by atoms with Gasteiger partial charge in [0.2, 0.25) is 0 Å². The Bertz CT molecular complexity index is 295. The van der Waals surface area contributed by atoms with Crippen LogP contribution < -0.4 is 10.2 Å². The van der Waals surface area contributed by atoms with Crippen LogP contribution in [0.4, 0.5) is 5.69 Å². The van der Waals surface area contributed by atoms with Crippen molar-refractivity contribution < 1.29 is 5.11 Å². The second-order valence-electron chi connectivity index (χ2n) is 4.31. The number of nitrogens with one attached hydrogen (secondary N) is 1. The Morgan fingerprint density at radius 1 is 1.25 bits per heavy atom. The van der Waals surface area contributed by atoms with Gasteiger partial charge in [0.15, 0.2) is 0 Å². The lowest BCUT2D eigenvalue weighted by Crippen LogP contribution is -2.23. The van der Waals surface area contributed by atoms with E-state index in [0.29, 0.717) is 6.54 Å². The van der Waals surface area contributed by atoms with E-state index in [0.717, 1.165) is 12.8 Å². The van der Waals surface area contributed by atoms with Gasteiger partial charge in [0.25, 0.3) is 0 Å². The molecular formula is C13H22N2O. The van der Waals surface area contributed by atoms with Crippen LogP contribution in [-0.4, -0.2) is 38.9 Å². The van der Waals surface area contributed by atoms with Crippen molar-refractivity contribution in [3.05, 3.63) is 29.8 Å². The molecule has 3 nitrogen and oxygen atoms in total. The van der Waals surface area contributed by atoms with Crippen molar-refractivity contribution in [2.45, 2.75) is 18.9 Å². The number of rotatable bonds is 6. The quantitative estimate of drug-likeness (QED) is 0.761.